The fourth-order valence-corrected chi connectivity index (χ4v) is 1.32. The van der Waals surface area contributed by atoms with Crippen molar-refractivity contribution in [3.8, 4) is 0 Å². The Balaban J connectivity index is 2.95. The average molecular weight is 194 g/mol. The molecular formula is C10H14N2O2. The standard InChI is InChI=1S/C10H14N2O2/c11-9-7(4-2-6-13)3-1-5-8(9)10(12)14/h1,3,5,13H,2,4,6,11H2,(H2,12,14). The number of anilines is 1. The van der Waals surface area contributed by atoms with Gasteiger partial charge in [0, 0.05) is 12.3 Å². The third-order valence-electron chi connectivity index (χ3n) is 2.07. The maximum atomic E-state index is 10.9. The van der Waals surface area contributed by atoms with Gasteiger partial charge in [-0.15, -0.1) is 0 Å². The molecule has 0 saturated heterocycles. The molecule has 0 unspecified atom stereocenters. The van der Waals surface area contributed by atoms with Crippen LogP contribution in [0.4, 0.5) is 5.69 Å². The molecule has 0 aliphatic carbocycles. The van der Waals surface area contributed by atoms with Crippen LogP contribution < -0.4 is 11.5 Å². The van der Waals surface area contributed by atoms with Gasteiger partial charge in [-0.3, -0.25) is 4.79 Å². The molecule has 0 radical (unpaired) electrons. The Morgan fingerprint density at radius 1 is 1.43 bits per heavy atom. The number of benzene rings is 1. The Morgan fingerprint density at radius 2 is 2.14 bits per heavy atom. The molecular weight excluding hydrogens is 180 g/mol. The highest BCUT2D eigenvalue weighted by Gasteiger charge is 2.08. The lowest BCUT2D eigenvalue weighted by Crippen LogP contribution is -2.14. The zero-order valence-corrected chi connectivity index (χ0v) is 7.86. The number of nitrogen functional groups attached to an aromatic ring is 1. The van der Waals surface area contributed by atoms with E-state index in [2.05, 4.69) is 0 Å². The number of nitrogens with two attached hydrogens (primary N) is 2. The van der Waals surface area contributed by atoms with Crippen LogP contribution in [0.15, 0.2) is 18.2 Å². The van der Waals surface area contributed by atoms with Gasteiger partial charge in [0.2, 0.25) is 0 Å². The lowest BCUT2D eigenvalue weighted by molar-refractivity contribution is 0.100. The van der Waals surface area contributed by atoms with Gasteiger partial charge >= 0.3 is 0 Å². The van der Waals surface area contributed by atoms with Crippen LogP contribution in [0.3, 0.4) is 0 Å². The second kappa shape index (κ2) is 4.62. The van der Waals surface area contributed by atoms with Crippen molar-refractivity contribution in [3.05, 3.63) is 29.3 Å². The molecule has 14 heavy (non-hydrogen) atoms. The van der Waals surface area contributed by atoms with Crippen molar-refractivity contribution in [1.82, 2.24) is 0 Å². The summed E-state index contributed by atoms with van der Waals surface area (Å²) in [6, 6.07) is 5.17. The molecule has 4 heteroatoms. The molecule has 0 aromatic heterocycles. The first kappa shape index (κ1) is 10.5. The van der Waals surface area contributed by atoms with E-state index in [0.29, 0.717) is 24.1 Å². The largest absolute Gasteiger partial charge is 0.398 e. The predicted octanol–water partition coefficient (Wildman–Crippen LogP) is 0.293. The molecule has 0 spiro atoms. The quantitative estimate of drug-likeness (QED) is 0.602. The van der Waals surface area contributed by atoms with Gasteiger partial charge in [-0.05, 0) is 24.5 Å². The smallest absolute Gasteiger partial charge is 0.250 e. The Kier molecular flexibility index (Phi) is 3.48. The number of aliphatic hydroxyl groups is 1. The highest BCUT2D eigenvalue weighted by atomic mass is 16.2. The van der Waals surface area contributed by atoms with Crippen molar-refractivity contribution in [1.29, 1.82) is 0 Å². The number of hydrogen-bond acceptors (Lipinski definition) is 3. The van der Waals surface area contributed by atoms with E-state index in [1.807, 2.05) is 6.07 Å². The van der Waals surface area contributed by atoms with E-state index in [1.165, 1.54) is 0 Å². The summed E-state index contributed by atoms with van der Waals surface area (Å²) in [6.45, 7) is 0.111. The lowest BCUT2D eigenvalue weighted by Gasteiger charge is -2.07. The highest BCUT2D eigenvalue weighted by Crippen LogP contribution is 2.18. The van der Waals surface area contributed by atoms with E-state index < -0.39 is 5.91 Å². The van der Waals surface area contributed by atoms with Gasteiger partial charge in [0.1, 0.15) is 0 Å². The number of aliphatic hydroxyl groups excluding tert-OH is 1. The van der Waals surface area contributed by atoms with E-state index in [0.717, 1.165) is 5.56 Å². The molecule has 1 rings (SSSR count). The monoisotopic (exact) mass is 194 g/mol. The van der Waals surface area contributed by atoms with Crippen molar-refractivity contribution < 1.29 is 9.90 Å². The zero-order chi connectivity index (χ0) is 10.6. The van der Waals surface area contributed by atoms with Crippen LogP contribution in [0.5, 0.6) is 0 Å². The first-order valence-corrected chi connectivity index (χ1v) is 4.45. The Bertz CT molecular complexity index is 337. The minimum Gasteiger partial charge on any atom is -0.398 e. The molecule has 1 amide bonds. The number of carbonyl (C=O) groups is 1. The first-order chi connectivity index (χ1) is 6.66. The number of rotatable bonds is 4. The summed E-state index contributed by atoms with van der Waals surface area (Å²) in [5.74, 6) is -0.520. The molecule has 1 aromatic carbocycles. The minimum atomic E-state index is -0.520. The van der Waals surface area contributed by atoms with Gasteiger partial charge < -0.3 is 16.6 Å². The van der Waals surface area contributed by atoms with E-state index in [1.54, 1.807) is 12.1 Å². The number of hydrogen-bond donors (Lipinski definition) is 3. The van der Waals surface area contributed by atoms with E-state index >= 15 is 0 Å². The van der Waals surface area contributed by atoms with E-state index in [-0.39, 0.29) is 6.61 Å². The molecule has 0 fully saturated rings. The maximum absolute atomic E-state index is 10.9. The van der Waals surface area contributed by atoms with Crippen LogP contribution in [0.1, 0.15) is 22.3 Å². The van der Waals surface area contributed by atoms with Crippen LogP contribution in [0, 0.1) is 0 Å². The van der Waals surface area contributed by atoms with Crippen molar-refractivity contribution >= 4 is 11.6 Å². The molecule has 0 atom stereocenters. The second-order valence-electron chi connectivity index (χ2n) is 3.07. The van der Waals surface area contributed by atoms with Crippen LogP contribution in [-0.2, 0) is 6.42 Å². The fourth-order valence-electron chi connectivity index (χ4n) is 1.32. The summed E-state index contributed by atoms with van der Waals surface area (Å²) in [7, 11) is 0. The van der Waals surface area contributed by atoms with Gasteiger partial charge in [-0.1, -0.05) is 12.1 Å². The number of carbonyl (C=O) groups excluding carboxylic acids is 1. The Labute approximate surface area is 82.5 Å². The van der Waals surface area contributed by atoms with E-state index in [4.69, 9.17) is 16.6 Å². The summed E-state index contributed by atoms with van der Waals surface area (Å²) in [5.41, 5.74) is 12.5. The number of amides is 1. The molecule has 76 valence electrons. The second-order valence-corrected chi connectivity index (χ2v) is 3.07. The molecule has 0 aliphatic heterocycles. The third kappa shape index (κ3) is 2.23. The summed E-state index contributed by atoms with van der Waals surface area (Å²) >= 11 is 0. The normalized spacial score (nSPS) is 10.1. The van der Waals surface area contributed by atoms with Crippen LogP contribution in [-0.4, -0.2) is 17.6 Å². The van der Waals surface area contributed by atoms with Crippen LogP contribution in [0.25, 0.3) is 0 Å². The lowest BCUT2D eigenvalue weighted by atomic mass is 10.0. The van der Waals surface area contributed by atoms with Crippen LogP contribution in [0.2, 0.25) is 0 Å². The topological polar surface area (TPSA) is 89.3 Å². The molecule has 0 saturated carbocycles. The third-order valence-corrected chi connectivity index (χ3v) is 2.07. The first-order valence-electron chi connectivity index (χ1n) is 4.45. The summed E-state index contributed by atoms with van der Waals surface area (Å²) in [5, 5.41) is 8.66. The van der Waals surface area contributed by atoms with Crippen LogP contribution >= 0.6 is 0 Å². The summed E-state index contributed by atoms with van der Waals surface area (Å²) in [6.07, 6.45) is 1.29. The van der Waals surface area contributed by atoms with Gasteiger partial charge in [0.15, 0.2) is 0 Å². The van der Waals surface area contributed by atoms with Crippen molar-refractivity contribution in [3.63, 3.8) is 0 Å². The molecule has 0 bridgehead atoms. The van der Waals surface area contributed by atoms with Gasteiger partial charge in [0.05, 0.1) is 5.56 Å². The number of aryl methyl sites for hydroxylation is 1. The average Bonchev–Trinajstić information content (AvgIpc) is 2.16. The van der Waals surface area contributed by atoms with Gasteiger partial charge in [-0.2, -0.15) is 0 Å². The van der Waals surface area contributed by atoms with Crippen molar-refractivity contribution in [2.45, 2.75) is 12.8 Å². The highest BCUT2D eigenvalue weighted by molar-refractivity contribution is 5.98. The molecule has 0 aliphatic rings. The van der Waals surface area contributed by atoms with Crippen molar-refractivity contribution in [2.24, 2.45) is 5.73 Å². The molecule has 0 heterocycles. The van der Waals surface area contributed by atoms with Gasteiger partial charge in [-0.25, -0.2) is 0 Å². The predicted molar refractivity (Wildman–Crippen MR) is 54.8 cm³/mol. The SMILES string of the molecule is NC(=O)c1cccc(CCCO)c1N. The van der Waals surface area contributed by atoms with Gasteiger partial charge in [0.25, 0.3) is 5.91 Å². The van der Waals surface area contributed by atoms with E-state index in [9.17, 15) is 4.79 Å². The Morgan fingerprint density at radius 3 is 2.71 bits per heavy atom. The summed E-state index contributed by atoms with van der Waals surface area (Å²) < 4.78 is 0. The Hall–Kier alpha value is -1.55. The molecule has 5 N–H and O–H groups in total. The summed E-state index contributed by atoms with van der Waals surface area (Å²) in [4.78, 5) is 10.9. The molecule has 4 nitrogen and oxygen atoms in total. The number of para-hydroxylation sites is 1. The zero-order valence-electron chi connectivity index (χ0n) is 7.86. The maximum Gasteiger partial charge on any atom is 0.250 e. The number of primary amides is 1. The fraction of sp³-hybridized carbons (Fsp3) is 0.300. The van der Waals surface area contributed by atoms with Crippen molar-refractivity contribution in [2.75, 3.05) is 12.3 Å². The minimum absolute atomic E-state index is 0.111. The molecule has 1 aromatic rings.